The Hall–Kier alpha value is -3.78. The van der Waals surface area contributed by atoms with Gasteiger partial charge in [-0.15, -0.1) is 0 Å². The SMILES string of the molecule is COc1ccc(-c2c3c(=O)n(C)c(=O)n(C)c3c3n2CCO[C@H]3c2ccc(N(C)C)cc2)cc1. The van der Waals surface area contributed by atoms with E-state index < -0.39 is 6.10 Å². The lowest BCUT2D eigenvalue weighted by Gasteiger charge is -2.28. The topological polar surface area (TPSA) is 70.6 Å². The first-order chi connectivity index (χ1) is 16.3. The zero-order valence-corrected chi connectivity index (χ0v) is 20.0. The van der Waals surface area contributed by atoms with Gasteiger partial charge in [0.15, 0.2) is 0 Å². The van der Waals surface area contributed by atoms with Crippen molar-refractivity contribution < 1.29 is 9.47 Å². The highest BCUT2D eigenvalue weighted by molar-refractivity contribution is 5.96. The fourth-order valence-corrected chi connectivity index (χ4v) is 4.83. The average molecular weight is 461 g/mol. The van der Waals surface area contributed by atoms with E-state index in [4.69, 9.17) is 9.47 Å². The standard InChI is InChI=1S/C26H28N4O4/c1-27(2)18-10-6-17(7-11-18)24-23-22-20(25(31)29(4)26(32)28(22)3)21(30(23)14-15-34-24)16-8-12-19(33-5)13-9-16/h6-13,24H,14-15H2,1-5H3/t24-/m0/s1. The molecule has 1 aliphatic heterocycles. The Morgan fingerprint density at radius 1 is 0.971 bits per heavy atom. The van der Waals surface area contributed by atoms with Gasteiger partial charge in [0.1, 0.15) is 11.9 Å². The van der Waals surface area contributed by atoms with Gasteiger partial charge in [-0.25, -0.2) is 4.79 Å². The second kappa shape index (κ2) is 8.22. The molecule has 1 atom stereocenters. The van der Waals surface area contributed by atoms with Crippen molar-refractivity contribution in [3.05, 3.63) is 80.6 Å². The van der Waals surface area contributed by atoms with Crippen LogP contribution in [-0.4, -0.2) is 41.5 Å². The van der Waals surface area contributed by atoms with Crippen LogP contribution in [0.3, 0.4) is 0 Å². The van der Waals surface area contributed by atoms with Gasteiger partial charge in [0, 0.05) is 40.4 Å². The summed E-state index contributed by atoms with van der Waals surface area (Å²) in [5.74, 6) is 0.737. The van der Waals surface area contributed by atoms with E-state index in [0.29, 0.717) is 24.1 Å². The second-order valence-corrected chi connectivity index (χ2v) is 8.78. The minimum Gasteiger partial charge on any atom is -0.497 e. The molecule has 8 heteroatoms. The summed E-state index contributed by atoms with van der Waals surface area (Å²) in [6.07, 6.45) is -0.405. The van der Waals surface area contributed by atoms with Crippen molar-refractivity contribution >= 4 is 16.6 Å². The maximum Gasteiger partial charge on any atom is 0.331 e. The highest BCUT2D eigenvalue weighted by Crippen LogP contribution is 2.41. The van der Waals surface area contributed by atoms with Gasteiger partial charge in [0.25, 0.3) is 5.56 Å². The van der Waals surface area contributed by atoms with Crippen molar-refractivity contribution in [1.29, 1.82) is 0 Å². The molecule has 0 saturated heterocycles. The van der Waals surface area contributed by atoms with Crippen LogP contribution in [-0.2, 0) is 25.4 Å². The molecule has 34 heavy (non-hydrogen) atoms. The van der Waals surface area contributed by atoms with Crippen molar-refractivity contribution in [3.63, 3.8) is 0 Å². The van der Waals surface area contributed by atoms with E-state index in [0.717, 1.165) is 34.0 Å². The molecule has 2 aromatic heterocycles. The zero-order chi connectivity index (χ0) is 24.1. The summed E-state index contributed by atoms with van der Waals surface area (Å²) in [6.45, 7) is 1.07. The number of ether oxygens (including phenoxy) is 2. The molecule has 2 aromatic carbocycles. The summed E-state index contributed by atoms with van der Waals surface area (Å²) < 4.78 is 16.5. The van der Waals surface area contributed by atoms with Crippen LogP contribution in [0.15, 0.2) is 58.1 Å². The molecule has 1 aliphatic rings. The predicted molar refractivity (Wildman–Crippen MR) is 133 cm³/mol. The summed E-state index contributed by atoms with van der Waals surface area (Å²) >= 11 is 0. The van der Waals surface area contributed by atoms with Crippen molar-refractivity contribution in [1.82, 2.24) is 13.7 Å². The van der Waals surface area contributed by atoms with Crippen LogP contribution in [0.1, 0.15) is 17.4 Å². The third kappa shape index (κ3) is 3.25. The van der Waals surface area contributed by atoms with Gasteiger partial charge in [0.2, 0.25) is 0 Å². The summed E-state index contributed by atoms with van der Waals surface area (Å²) in [5.41, 5.74) is 4.49. The Bertz CT molecular complexity index is 1490. The third-order valence-corrected chi connectivity index (χ3v) is 6.63. The maximum atomic E-state index is 13.5. The normalized spacial score (nSPS) is 15.4. The Kier molecular flexibility index (Phi) is 5.32. The van der Waals surface area contributed by atoms with E-state index in [2.05, 4.69) is 4.57 Å². The molecule has 4 aromatic rings. The predicted octanol–water partition coefficient (Wildman–Crippen LogP) is 2.90. The lowest BCUT2D eigenvalue weighted by Crippen LogP contribution is -2.37. The average Bonchev–Trinajstić information content (AvgIpc) is 3.22. The summed E-state index contributed by atoms with van der Waals surface area (Å²) in [7, 11) is 8.85. The van der Waals surface area contributed by atoms with Crippen LogP contribution >= 0.6 is 0 Å². The van der Waals surface area contributed by atoms with Gasteiger partial charge < -0.3 is 18.9 Å². The summed E-state index contributed by atoms with van der Waals surface area (Å²) in [6, 6.07) is 15.8. The minimum absolute atomic E-state index is 0.312. The molecule has 0 saturated carbocycles. The monoisotopic (exact) mass is 460 g/mol. The van der Waals surface area contributed by atoms with Crippen LogP contribution in [0.4, 0.5) is 5.69 Å². The number of rotatable bonds is 4. The quantitative estimate of drug-likeness (QED) is 0.468. The lowest BCUT2D eigenvalue weighted by molar-refractivity contribution is 0.0478. The number of benzene rings is 2. The number of aryl methyl sites for hydroxylation is 1. The highest BCUT2D eigenvalue weighted by Gasteiger charge is 2.33. The first kappa shape index (κ1) is 22.0. The fourth-order valence-electron chi connectivity index (χ4n) is 4.83. The molecular weight excluding hydrogens is 432 g/mol. The number of methoxy groups -OCH3 is 1. The molecular formula is C26H28N4O4. The van der Waals surface area contributed by atoms with Crippen LogP contribution in [0.25, 0.3) is 22.2 Å². The van der Waals surface area contributed by atoms with E-state index in [-0.39, 0.29) is 11.2 Å². The summed E-state index contributed by atoms with van der Waals surface area (Å²) in [4.78, 5) is 28.4. The first-order valence-corrected chi connectivity index (χ1v) is 11.2. The molecule has 0 spiro atoms. The van der Waals surface area contributed by atoms with Gasteiger partial charge in [-0.3, -0.25) is 13.9 Å². The molecule has 0 bridgehead atoms. The molecule has 0 aliphatic carbocycles. The third-order valence-electron chi connectivity index (χ3n) is 6.63. The van der Waals surface area contributed by atoms with Gasteiger partial charge >= 0.3 is 5.69 Å². The van der Waals surface area contributed by atoms with E-state index in [1.165, 1.54) is 11.6 Å². The minimum atomic E-state index is -0.405. The van der Waals surface area contributed by atoms with E-state index >= 15 is 0 Å². The van der Waals surface area contributed by atoms with Crippen molar-refractivity contribution in [3.8, 4) is 17.0 Å². The smallest absolute Gasteiger partial charge is 0.331 e. The molecule has 0 amide bonds. The number of aromatic nitrogens is 3. The number of anilines is 1. The van der Waals surface area contributed by atoms with Gasteiger partial charge in [-0.2, -0.15) is 0 Å². The lowest BCUT2D eigenvalue weighted by atomic mass is 10.0. The first-order valence-electron chi connectivity index (χ1n) is 11.2. The van der Waals surface area contributed by atoms with Crippen molar-refractivity contribution in [2.24, 2.45) is 14.1 Å². The van der Waals surface area contributed by atoms with Crippen LogP contribution in [0.2, 0.25) is 0 Å². The van der Waals surface area contributed by atoms with E-state index in [9.17, 15) is 9.59 Å². The molecule has 176 valence electrons. The van der Waals surface area contributed by atoms with Crippen LogP contribution < -0.4 is 20.9 Å². The Morgan fingerprint density at radius 3 is 2.26 bits per heavy atom. The number of hydrogen-bond donors (Lipinski definition) is 0. The Labute approximate surface area is 197 Å². The summed E-state index contributed by atoms with van der Waals surface area (Å²) in [5, 5.41) is 0.519. The molecule has 0 N–H and O–H groups in total. The van der Waals surface area contributed by atoms with Crippen molar-refractivity contribution in [2.75, 3.05) is 32.7 Å². The maximum absolute atomic E-state index is 13.5. The van der Waals surface area contributed by atoms with Gasteiger partial charge in [0.05, 0.1) is 36.0 Å². The zero-order valence-electron chi connectivity index (χ0n) is 20.0. The fraction of sp³-hybridized carbons (Fsp3) is 0.308. The largest absolute Gasteiger partial charge is 0.497 e. The molecule has 5 rings (SSSR count). The van der Waals surface area contributed by atoms with Gasteiger partial charge in [-0.1, -0.05) is 12.1 Å². The van der Waals surface area contributed by atoms with Crippen LogP contribution in [0, 0.1) is 0 Å². The second-order valence-electron chi connectivity index (χ2n) is 8.78. The Balaban J connectivity index is 1.84. The number of nitrogens with zero attached hydrogens (tertiary/aromatic N) is 4. The highest BCUT2D eigenvalue weighted by atomic mass is 16.5. The molecule has 3 heterocycles. The Morgan fingerprint density at radius 2 is 1.65 bits per heavy atom. The molecule has 8 nitrogen and oxygen atoms in total. The van der Waals surface area contributed by atoms with Gasteiger partial charge in [-0.05, 0) is 47.5 Å². The number of hydrogen-bond acceptors (Lipinski definition) is 5. The molecule has 0 unspecified atom stereocenters. The number of fused-ring (bicyclic) bond motifs is 3. The molecule has 0 radical (unpaired) electrons. The molecule has 0 fully saturated rings. The van der Waals surface area contributed by atoms with Crippen molar-refractivity contribution in [2.45, 2.75) is 12.6 Å². The van der Waals surface area contributed by atoms with E-state index in [1.54, 1.807) is 18.7 Å². The van der Waals surface area contributed by atoms with Crippen LogP contribution in [0.5, 0.6) is 5.75 Å². The van der Waals surface area contributed by atoms with E-state index in [1.807, 2.05) is 67.5 Å².